The molecule has 2 amide bonds. The fourth-order valence-corrected chi connectivity index (χ4v) is 3.34. The van der Waals surface area contributed by atoms with Gasteiger partial charge < -0.3 is 26.2 Å². The third kappa shape index (κ3) is 5.22. The number of carboxylic acids is 1. The summed E-state index contributed by atoms with van der Waals surface area (Å²) >= 11 is 0. The number of hydrogen-bond acceptors (Lipinski definition) is 5. The van der Waals surface area contributed by atoms with Crippen LogP contribution in [0.5, 0.6) is 5.75 Å². The van der Waals surface area contributed by atoms with Crippen molar-refractivity contribution in [2.45, 2.75) is 57.7 Å². The second kappa shape index (κ2) is 9.54. The summed E-state index contributed by atoms with van der Waals surface area (Å²) in [5.41, 5.74) is 6.73. The van der Waals surface area contributed by atoms with E-state index in [1.807, 2.05) is 13.8 Å². The van der Waals surface area contributed by atoms with E-state index < -0.39 is 35.9 Å². The lowest BCUT2D eigenvalue weighted by atomic mass is 9.98. The van der Waals surface area contributed by atoms with Crippen LogP contribution in [-0.4, -0.2) is 57.6 Å². The zero-order valence-corrected chi connectivity index (χ0v) is 16.3. The van der Waals surface area contributed by atoms with Gasteiger partial charge in [-0.3, -0.25) is 9.59 Å². The predicted octanol–water partition coefficient (Wildman–Crippen LogP) is 0.869. The minimum Gasteiger partial charge on any atom is -0.508 e. The smallest absolute Gasteiger partial charge is 0.326 e. The Morgan fingerprint density at radius 3 is 2.50 bits per heavy atom. The quantitative estimate of drug-likeness (QED) is 0.520. The lowest BCUT2D eigenvalue weighted by molar-refractivity contribution is -0.149. The maximum atomic E-state index is 13.1. The molecule has 8 nitrogen and oxygen atoms in total. The van der Waals surface area contributed by atoms with Gasteiger partial charge >= 0.3 is 5.97 Å². The van der Waals surface area contributed by atoms with Crippen molar-refractivity contribution in [2.75, 3.05) is 6.54 Å². The number of carboxylic acid groups (broad SMARTS) is 1. The zero-order valence-electron chi connectivity index (χ0n) is 16.3. The molecule has 0 aliphatic carbocycles. The Bertz CT molecular complexity index is 706. The summed E-state index contributed by atoms with van der Waals surface area (Å²) in [6.07, 6.45) is 1.90. The molecule has 1 heterocycles. The number of nitrogens with zero attached hydrogens (tertiary/aromatic N) is 1. The Balaban J connectivity index is 2.22. The van der Waals surface area contributed by atoms with Gasteiger partial charge in [-0.15, -0.1) is 0 Å². The van der Waals surface area contributed by atoms with Crippen molar-refractivity contribution < 1.29 is 24.6 Å². The number of rotatable bonds is 8. The number of aliphatic carboxylic acids is 1. The van der Waals surface area contributed by atoms with Gasteiger partial charge in [0, 0.05) is 13.0 Å². The van der Waals surface area contributed by atoms with Gasteiger partial charge in [0.05, 0.1) is 6.04 Å². The fraction of sp³-hybridized carbons (Fsp3) is 0.550. The van der Waals surface area contributed by atoms with Crippen LogP contribution in [0, 0.1) is 5.92 Å². The van der Waals surface area contributed by atoms with Gasteiger partial charge in [-0.25, -0.2) is 4.79 Å². The van der Waals surface area contributed by atoms with Gasteiger partial charge in [0.25, 0.3) is 0 Å². The van der Waals surface area contributed by atoms with Crippen LogP contribution in [0.2, 0.25) is 0 Å². The summed E-state index contributed by atoms with van der Waals surface area (Å²) in [5.74, 6) is -1.86. The molecule has 1 aliphatic rings. The van der Waals surface area contributed by atoms with Gasteiger partial charge in [-0.1, -0.05) is 32.4 Å². The molecule has 5 N–H and O–H groups in total. The highest BCUT2D eigenvalue weighted by Gasteiger charge is 2.38. The molecule has 0 saturated carbocycles. The summed E-state index contributed by atoms with van der Waals surface area (Å²) in [6.45, 7) is 4.13. The highest BCUT2D eigenvalue weighted by molar-refractivity contribution is 5.92. The monoisotopic (exact) mass is 391 g/mol. The minimum absolute atomic E-state index is 0.0528. The summed E-state index contributed by atoms with van der Waals surface area (Å²) in [4.78, 5) is 38.4. The van der Waals surface area contributed by atoms with E-state index in [1.165, 1.54) is 17.0 Å². The second-order valence-electron chi connectivity index (χ2n) is 7.37. The van der Waals surface area contributed by atoms with Crippen molar-refractivity contribution in [3.63, 3.8) is 0 Å². The van der Waals surface area contributed by atoms with Gasteiger partial charge in [-0.05, 0) is 36.5 Å². The molecule has 0 aromatic heterocycles. The normalized spacial score (nSPS) is 19.7. The van der Waals surface area contributed by atoms with Crippen molar-refractivity contribution in [1.29, 1.82) is 0 Å². The van der Waals surface area contributed by atoms with E-state index in [0.717, 1.165) is 12.0 Å². The van der Waals surface area contributed by atoms with Gasteiger partial charge in [0.2, 0.25) is 11.8 Å². The second-order valence-corrected chi connectivity index (χ2v) is 7.37. The number of amides is 2. The highest BCUT2D eigenvalue weighted by Crippen LogP contribution is 2.20. The van der Waals surface area contributed by atoms with Crippen molar-refractivity contribution in [1.82, 2.24) is 10.2 Å². The standard InChI is InChI=1S/C20H29N3O5/c1-3-12(2)17(21)18(25)22-15(11-13-6-8-14(24)9-7-13)19(26)23-10-4-5-16(23)20(27)28/h6-9,12,15-17,24H,3-5,10-11,21H2,1-2H3,(H,22,25)(H,27,28)/t12-,15-,16-,17-/m0/s1. The largest absolute Gasteiger partial charge is 0.508 e. The zero-order chi connectivity index (χ0) is 20.8. The molecule has 1 aliphatic heterocycles. The molecule has 2 rings (SSSR count). The highest BCUT2D eigenvalue weighted by atomic mass is 16.4. The number of phenols is 1. The molecule has 1 aromatic carbocycles. The van der Waals surface area contributed by atoms with Crippen LogP contribution in [0.1, 0.15) is 38.7 Å². The van der Waals surface area contributed by atoms with E-state index >= 15 is 0 Å². The Morgan fingerprint density at radius 2 is 1.93 bits per heavy atom. The van der Waals surface area contributed by atoms with Crippen LogP contribution in [-0.2, 0) is 20.8 Å². The van der Waals surface area contributed by atoms with Crippen LogP contribution in [0.25, 0.3) is 0 Å². The number of benzene rings is 1. The number of aromatic hydroxyl groups is 1. The third-order valence-corrected chi connectivity index (χ3v) is 5.37. The van der Waals surface area contributed by atoms with E-state index in [4.69, 9.17) is 5.73 Å². The van der Waals surface area contributed by atoms with E-state index in [0.29, 0.717) is 19.4 Å². The molecule has 0 unspecified atom stereocenters. The first-order chi connectivity index (χ1) is 13.2. The number of likely N-dealkylation sites (tertiary alicyclic amines) is 1. The molecule has 28 heavy (non-hydrogen) atoms. The summed E-state index contributed by atoms with van der Waals surface area (Å²) in [7, 11) is 0. The number of phenolic OH excluding ortho intramolecular Hbond substituents is 1. The third-order valence-electron chi connectivity index (χ3n) is 5.37. The van der Waals surface area contributed by atoms with Crippen molar-refractivity contribution >= 4 is 17.8 Å². The number of carbonyl (C=O) groups is 3. The minimum atomic E-state index is -1.04. The Labute approximate surface area is 164 Å². The lowest BCUT2D eigenvalue weighted by Crippen LogP contribution is -2.56. The Morgan fingerprint density at radius 1 is 1.29 bits per heavy atom. The first-order valence-corrected chi connectivity index (χ1v) is 9.61. The molecule has 0 spiro atoms. The van der Waals surface area contributed by atoms with Crippen molar-refractivity contribution in [3.05, 3.63) is 29.8 Å². The number of nitrogens with two attached hydrogens (primary N) is 1. The van der Waals surface area contributed by atoms with Crippen LogP contribution >= 0.6 is 0 Å². The molecular formula is C20H29N3O5. The van der Waals surface area contributed by atoms with Gasteiger partial charge in [0.15, 0.2) is 0 Å². The van der Waals surface area contributed by atoms with E-state index in [-0.39, 0.29) is 18.1 Å². The van der Waals surface area contributed by atoms with E-state index in [9.17, 15) is 24.6 Å². The number of nitrogens with one attached hydrogen (secondary N) is 1. The van der Waals surface area contributed by atoms with Crippen LogP contribution in [0.15, 0.2) is 24.3 Å². The maximum absolute atomic E-state index is 13.1. The molecule has 1 aromatic rings. The molecule has 4 atom stereocenters. The van der Waals surface area contributed by atoms with E-state index in [2.05, 4.69) is 5.32 Å². The molecular weight excluding hydrogens is 362 g/mol. The van der Waals surface area contributed by atoms with Gasteiger partial charge in [0.1, 0.15) is 17.8 Å². The summed E-state index contributed by atoms with van der Waals surface area (Å²) in [6, 6.07) is 3.76. The Hall–Kier alpha value is -2.61. The molecule has 1 fully saturated rings. The van der Waals surface area contributed by atoms with Gasteiger partial charge in [-0.2, -0.15) is 0 Å². The van der Waals surface area contributed by atoms with Crippen molar-refractivity contribution in [3.8, 4) is 5.75 Å². The fourth-order valence-electron chi connectivity index (χ4n) is 3.34. The van der Waals surface area contributed by atoms with E-state index in [1.54, 1.807) is 12.1 Å². The average Bonchev–Trinajstić information content (AvgIpc) is 3.17. The van der Waals surface area contributed by atoms with Crippen molar-refractivity contribution in [2.24, 2.45) is 11.7 Å². The van der Waals surface area contributed by atoms with Crippen LogP contribution in [0.4, 0.5) is 0 Å². The predicted molar refractivity (Wildman–Crippen MR) is 104 cm³/mol. The SMILES string of the molecule is CC[C@H](C)[C@H](N)C(=O)N[C@@H](Cc1ccc(O)cc1)C(=O)N1CCC[C@H]1C(=O)O. The van der Waals surface area contributed by atoms with Crippen LogP contribution < -0.4 is 11.1 Å². The number of carbonyl (C=O) groups excluding carboxylic acids is 2. The van der Waals surface area contributed by atoms with Crippen LogP contribution in [0.3, 0.4) is 0 Å². The molecule has 0 bridgehead atoms. The summed E-state index contributed by atoms with van der Waals surface area (Å²) < 4.78 is 0. The first kappa shape index (κ1) is 21.7. The lowest BCUT2D eigenvalue weighted by Gasteiger charge is -2.29. The Kier molecular flexibility index (Phi) is 7.39. The molecule has 154 valence electrons. The first-order valence-electron chi connectivity index (χ1n) is 9.61. The molecule has 1 saturated heterocycles. The molecule has 0 radical (unpaired) electrons. The number of hydrogen-bond donors (Lipinski definition) is 4. The average molecular weight is 391 g/mol. The summed E-state index contributed by atoms with van der Waals surface area (Å²) in [5, 5.41) is 21.5. The topological polar surface area (TPSA) is 133 Å². The maximum Gasteiger partial charge on any atom is 0.326 e. The molecule has 8 heteroatoms.